The number of hydrogen-bond acceptors (Lipinski definition) is 6. The van der Waals surface area contributed by atoms with Gasteiger partial charge in [-0.1, -0.05) is 12.1 Å². The average Bonchev–Trinajstić information content (AvgIpc) is 3.27. The van der Waals surface area contributed by atoms with Crippen LogP contribution in [-0.2, 0) is 21.2 Å². The van der Waals surface area contributed by atoms with Gasteiger partial charge in [-0.2, -0.15) is 5.26 Å². The van der Waals surface area contributed by atoms with Crippen molar-refractivity contribution in [2.45, 2.75) is 32.9 Å². The summed E-state index contributed by atoms with van der Waals surface area (Å²) in [7, 11) is -2.92. The quantitative estimate of drug-likeness (QED) is 0.669. The van der Waals surface area contributed by atoms with Crippen LogP contribution in [0.1, 0.15) is 28.8 Å². The van der Waals surface area contributed by atoms with Crippen LogP contribution in [0.2, 0.25) is 0 Å². The Bertz CT molecular complexity index is 1210. The molecule has 2 aliphatic heterocycles. The number of piperazine rings is 1. The monoisotopic (exact) mass is 487 g/mol. The summed E-state index contributed by atoms with van der Waals surface area (Å²) in [6.45, 7) is 7.19. The van der Waals surface area contributed by atoms with Gasteiger partial charge in [0.15, 0.2) is 9.84 Å². The SMILES string of the molecule is Cc1c(C#N)c(NC(=O)CN2CCN([C@@H]3CCS(=O)(=O)C3)CC2)n(Cc2ccc(F)cc2)c1C. The van der Waals surface area contributed by atoms with Crippen molar-refractivity contribution in [3.63, 3.8) is 0 Å². The van der Waals surface area contributed by atoms with E-state index < -0.39 is 9.84 Å². The summed E-state index contributed by atoms with van der Waals surface area (Å²) < 4.78 is 38.7. The van der Waals surface area contributed by atoms with E-state index in [2.05, 4.69) is 16.3 Å². The third-order valence-corrected chi connectivity index (χ3v) is 8.70. The molecule has 2 aromatic rings. The molecule has 0 radical (unpaired) electrons. The first-order valence-corrected chi connectivity index (χ1v) is 13.3. The first-order chi connectivity index (χ1) is 16.2. The van der Waals surface area contributed by atoms with Crippen molar-refractivity contribution in [2.24, 2.45) is 0 Å². The van der Waals surface area contributed by atoms with E-state index in [-0.39, 0.29) is 35.8 Å². The molecule has 0 aliphatic carbocycles. The van der Waals surface area contributed by atoms with Gasteiger partial charge in [0.25, 0.3) is 0 Å². The summed E-state index contributed by atoms with van der Waals surface area (Å²) in [6.07, 6.45) is 0.684. The van der Waals surface area contributed by atoms with Crippen molar-refractivity contribution in [1.82, 2.24) is 14.4 Å². The summed E-state index contributed by atoms with van der Waals surface area (Å²) in [5.74, 6) is 0.435. The van der Waals surface area contributed by atoms with Crippen LogP contribution >= 0.6 is 0 Å². The van der Waals surface area contributed by atoms with Gasteiger partial charge in [-0.15, -0.1) is 0 Å². The predicted octanol–water partition coefficient (Wildman–Crippen LogP) is 1.91. The van der Waals surface area contributed by atoms with Crippen molar-refractivity contribution in [3.8, 4) is 6.07 Å². The second-order valence-corrected chi connectivity index (χ2v) is 11.4. The normalized spacial score (nSPS) is 20.8. The fourth-order valence-corrected chi connectivity index (χ4v) is 6.59. The highest BCUT2D eigenvalue weighted by Gasteiger charge is 2.34. The number of rotatable bonds is 6. The van der Waals surface area contributed by atoms with E-state index in [0.29, 0.717) is 37.4 Å². The zero-order valence-electron chi connectivity index (χ0n) is 19.6. The first kappa shape index (κ1) is 24.4. The summed E-state index contributed by atoms with van der Waals surface area (Å²) in [4.78, 5) is 17.2. The molecule has 1 atom stereocenters. The predicted molar refractivity (Wildman–Crippen MR) is 128 cm³/mol. The number of carbonyl (C=O) groups is 1. The molecule has 1 N–H and O–H groups in total. The van der Waals surface area contributed by atoms with Crippen molar-refractivity contribution >= 4 is 21.6 Å². The van der Waals surface area contributed by atoms with Gasteiger partial charge < -0.3 is 9.88 Å². The maximum atomic E-state index is 13.3. The summed E-state index contributed by atoms with van der Waals surface area (Å²) in [5.41, 5.74) is 2.97. The van der Waals surface area contributed by atoms with Gasteiger partial charge >= 0.3 is 0 Å². The van der Waals surface area contributed by atoms with Crippen LogP contribution in [0.15, 0.2) is 24.3 Å². The smallest absolute Gasteiger partial charge is 0.239 e. The molecule has 0 spiro atoms. The van der Waals surface area contributed by atoms with Crippen LogP contribution in [-0.4, -0.2) is 79.0 Å². The molecular weight excluding hydrogens is 457 g/mol. The van der Waals surface area contributed by atoms with Crippen LogP contribution < -0.4 is 5.32 Å². The summed E-state index contributed by atoms with van der Waals surface area (Å²) in [6, 6.07) is 8.46. The summed E-state index contributed by atoms with van der Waals surface area (Å²) in [5, 5.41) is 12.7. The number of anilines is 1. The number of amides is 1. The molecule has 3 heterocycles. The van der Waals surface area contributed by atoms with Gasteiger partial charge in [-0.25, -0.2) is 12.8 Å². The van der Waals surface area contributed by atoms with Gasteiger partial charge in [-0.05, 0) is 43.5 Å². The molecule has 34 heavy (non-hydrogen) atoms. The minimum Gasteiger partial charge on any atom is -0.326 e. The second kappa shape index (κ2) is 9.86. The Morgan fingerprint density at radius 2 is 1.85 bits per heavy atom. The number of hydrogen-bond donors (Lipinski definition) is 1. The van der Waals surface area contributed by atoms with E-state index in [1.807, 2.05) is 23.3 Å². The van der Waals surface area contributed by atoms with Crippen molar-refractivity contribution < 1.29 is 17.6 Å². The highest BCUT2D eigenvalue weighted by atomic mass is 32.2. The van der Waals surface area contributed by atoms with Crippen LogP contribution in [0.3, 0.4) is 0 Å². The van der Waals surface area contributed by atoms with Gasteiger partial charge in [0.2, 0.25) is 5.91 Å². The lowest BCUT2D eigenvalue weighted by Gasteiger charge is -2.37. The molecule has 8 nitrogen and oxygen atoms in total. The Hall–Kier alpha value is -2.74. The van der Waals surface area contributed by atoms with Gasteiger partial charge in [0, 0.05) is 44.5 Å². The fourth-order valence-electron chi connectivity index (χ4n) is 4.83. The van der Waals surface area contributed by atoms with E-state index in [9.17, 15) is 22.9 Å². The van der Waals surface area contributed by atoms with Crippen LogP contribution in [0, 0.1) is 31.0 Å². The number of benzene rings is 1. The Kier molecular flexibility index (Phi) is 7.07. The topological polar surface area (TPSA) is 98.4 Å². The minimum atomic E-state index is -2.92. The number of aromatic nitrogens is 1. The van der Waals surface area contributed by atoms with Crippen LogP contribution in [0.5, 0.6) is 0 Å². The molecule has 1 aromatic carbocycles. The van der Waals surface area contributed by atoms with Crippen molar-refractivity contribution in [3.05, 3.63) is 52.5 Å². The number of carbonyl (C=O) groups excluding carboxylic acids is 1. The lowest BCUT2D eigenvalue weighted by Crippen LogP contribution is -2.52. The Balaban J connectivity index is 1.40. The lowest BCUT2D eigenvalue weighted by molar-refractivity contribution is -0.117. The van der Waals surface area contributed by atoms with Crippen LogP contribution in [0.25, 0.3) is 0 Å². The fraction of sp³-hybridized carbons (Fsp3) is 0.500. The van der Waals surface area contributed by atoms with Gasteiger partial charge in [-0.3, -0.25) is 14.6 Å². The third kappa shape index (κ3) is 5.32. The molecule has 10 heteroatoms. The number of nitriles is 1. The van der Waals surface area contributed by atoms with Gasteiger partial charge in [0.05, 0.1) is 23.6 Å². The molecule has 0 bridgehead atoms. The number of nitrogens with zero attached hydrogens (tertiary/aromatic N) is 4. The molecule has 1 aromatic heterocycles. The zero-order valence-corrected chi connectivity index (χ0v) is 20.4. The maximum Gasteiger partial charge on any atom is 0.239 e. The largest absolute Gasteiger partial charge is 0.326 e. The van der Waals surface area contributed by atoms with E-state index in [1.54, 1.807) is 12.1 Å². The molecule has 2 saturated heterocycles. The standard InChI is InChI=1S/C24H30FN5O3S/c1-17-18(2)30(14-19-3-5-20(25)6-4-19)24(22(17)13-26)27-23(31)15-28-8-10-29(11-9-28)21-7-12-34(32,33)16-21/h3-6,21H,7-12,14-16H2,1-2H3,(H,27,31)/t21-/m1/s1. The second-order valence-electron chi connectivity index (χ2n) is 9.18. The Morgan fingerprint density at radius 1 is 1.18 bits per heavy atom. The molecule has 0 saturated carbocycles. The Morgan fingerprint density at radius 3 is 2.44 bits per heavy atom. The number of halogens is 1. The molecule has 182 valence electrons. The van der Waals surface area contributed by atoms with Crippen LogP contribution in [0.4, 0.5) is 10.2 Å². The molecule has 1 amide bonds. The van der Waals surface area contributed by atoms with E-state index in [4.69, 9.17) is 0 Å². The highest BCUT2D eigenvalue weighted by Crippen LogP contribution is 2.27. The molecule has 2 fully saturated rings. The van der Waals surface area contributed by atoms with Gasteiger partial charge in [0.1, 0.15) is 17.7 Å². The van der Waals surface area contributed by atoms with E-state index in [0.717, 1.165) is 29.9 Å². The average molecular weight is 488 g/mol. The van der Waals surface area contributed by atoms with Crippen molar-refractivity contribution in [2.75, 3.05) is 49.5 Å². The first-order valence-electron chi connectivity index (χ1n) is 11.5. The molecule has 2 aliphatic rings. The lowest BCUT2D eigenvalue weighted by atomic mass is 10.2. The Labute approximate surface area is 199 Å². The zero-order chi connectivity index (χ0) is 24.5. The van der Waals surface area contributed by atoms with Crippen molar-refractivity contribution in [1.29, 1.82) is 5.26 Å². The number of sulfone groups is 1. The number of nitrogens with one attached hydrogen (secondary N) is 1. The summed E-state index contributed by atoms with van der Waals surface area (Å²) >= 11 is 0. The molecule has 0 unspecified atom stereocenters. The minimum absolute atomic E-state index is 0.0832. The molecular formula is C24H30FN5O3S. The third-order valence-electron chi connectivity index (χ3n) is 6.95. The highest BCUT2D eigenvalue weighted by molar-refractivity contribution is 7.91. The van der Waals surface area contributed by atoms with E-state index >= 15 is 0 Å². The van der Waals surface area contributed by atoms with E-state index in [1.165, 1.54) is 12.1 Å². The molecule has 4 rings (SSSR count). The maximum absolute atomic E-state index is 13.3.